The summed E-state index contributed by atoms with van der Waals surface area (Å²) in [6.45, 7) is 0. The monoisotopic (exact) mass is 265 g/mol. The number of hydrogen-bond donors (Lipinski definition) is 0. The maximum Gasteiger partial charge on any atom is 0.294 e. The van der Waals surface area contributed by atoms with Crippen molar-refractivity contribution in [2.24, 2.45) is 0 Å². The van der Waals surface area contributed by atoms with E-state index in [0.717, 1.165) is 11.3 Å². The molecule has 0 spiro atoms. The van der Waals surface area contributed by atoms with Gasteiger partial charge in [0.1, 0.15) is 5.69 Å². The third-order valence-corrected chi connectivity index (χ3v) is 3.02. The van der Waals surface area contributed by atoms with Crippen LogP contribution in [0.3, 0.4) is 0 Å². The molecule has 0 saturated carbocycles. The van der Waals surface area contributed by atoms with Gasteiger partial charge in [-0.05, 0) is 12.1 Å². The first kappa shape index (κ1) is 12.1. The van der Waals surface area contributed by atoms with Crippen molar-refractivity contribution in [2.75, 3.05) is 0 Å². The highest BCUT2D eigenvalue weighted by molar-refractivity contribution is 5.64. The van der Waals surface area contributed by atoms with Crippen molar-refractivity contribution in [3.05, 3.63) is 77.0 Å². The number of aromatic nitrogens is 2. The van der Waals surface area contributed by atoms with Gasteiger partial charge in [-0.1, -0.05) is 42.5 Å². The van der Waals surface area contributed by atoms with Crippen LogP contribution in [-0.2, 0) is 0 Å². The molecule has 0 aliphatic carbocycles. The van der Waals surface area contributed by atoms with E-state index in [9.17, 15) is 10.1 Å². The molecule has 0 saturated heterocycles. The van der Waals surface area contributed by atoms with Crippen LogP contribution in [0.25, 0.3) is 16.9 Å². The lowest BCUT2D eigenvalue weighted by atomic mass is 10.1. The van der Waals surface area contributed by atoms with E-state index in [-0.39, 0.29) is 5.69 Å². The molecule has 0 bridgehead atoms. The maximum atomic E-state index is 11.1. The van der Waals surface area contributed by atoms with Crippen molar-refractivity contribution in [3.63, 3.8) is 0 Å². The topological polar surface area (TPSA) is 61.0 Å². The average Bonchev–Trinajstić information content (AvgIpc) is 2.97. The molecule has 1 aromatic heterocycles. The van der Waals surface area contributed by atoms with Crippen LogP contribution < -0.4 is 0 Å². The molecule has 20 heavy (non-hydrogen) atoms. The van der Waals surface area contributed by atoms with E-state index >= 15 is 0 Å². The van der Waals surface area contributed by atoms with Crippen LogP contribution in [-0.4, -0.2) is 14.7 Å². The Kier molecular flexibility index (Phi) is 3.01. The van der Waals surface area contributed by atoms with Crippen molar-refractivity contribution < 1.29 is 4.92 Å². The standard InChI is InChI=1S/C15H11N3O2/c19-18(20)15-9-5-4-8-14(15)17-13(10-11-16-17)12-6-2-1-3-7-12/h1-11H. The van der Waals surface area contributed by atoms with Crippen LogP contribution in [0, 0.1) is 10.1 Å². The van der Waals surface area contributed by atoms with Gasteiger partial charge in [0, 0.05) is 11.6 Å². The normalized spacial score (nSPS) is 10.4. The van der Waals surface area contributed by atoms with Gasteiger partial charge in [-0.25, -0.2) is 4.68 Å². The summed E-state index contributed by atoms with van der Waals surface area (Å²) in [5, 5.41) is 15.3. The van der Waals surface area contributed by atoms with Gasteiger partial charge in [-0.15, -0.1) is 0 Å². The minimum atomic E-state index is -0.397. The Bertz CT molecular complexity index is 751. The molecular weight excluding hydrogens is 254 g/mol. The predicted octanol–water partition coefficient (Wildman–Crippen LogP) is 3.45. The van der Waals surface area contributed by atoms with Crippen LogP contribution in [0.4, 0.5) is 5.69 Å². The second-order valence-corrected chi connectivity index (χ2v) is 4.24. The highest BCUT2D eigenvalue weighted by Crippen LogP contribution is 2.27. The lowest BCUT2D eigenvalue weighted by Crippen LogP contribution is -2.03. The second kappa shape index (κ2) is 4.97. The van der Waals surface area contributed by atoms with Gasteiger partial charge in [0.15, 0.2) is 0 Å². The molecule has 98 valence electrons. The molecule has 0 radical (unpaired) electrons. The summed E-state index contributed by atoms with van der Waals surface area (Å²) >= 11 is 0. The summed E-state index contributed by atoms with van der Waals surface area (Å²) < 4.78 is 1.59. The number of nitro benzene ring substituents is 1. The smallest absolute Gasteiger partial charge is 0.258 e. The van der Waals surface area contributed by atoms with Crippen LogP contribution in [0.15, 0.2) is 66.9 Å². The first-order valence-corrected chi connectivity index (χ1v) is 6.10. The zero-order valence-corrected chi connectivity index (χ0v) is 10.5. The van der Waals surface area contributed by atoms with E-state index in [1.54, 1.807) is 29.1 Å². The Morgan fingerprint density at radius 3 is 2.40 bits per heavy atom. The van der Waals surface area contributed by atoms with Crippen molar-refractivity contribution in [1.82, 2.24) is 9.78 Å². The van der Waals surface area contributed by atoms with E-state index in [4.69, 9.17) is 0 Å². The molecule has 0 amide bonds. The largest absolute Gasteiger partial charge is 0.294 e. The molecule has 2 aromatic carbocycles. The Labute approximate surface area is 115 Å². The van der Waals surface area contributed by atoms with Gasteiger partial charge in [-0.3, -0.25) is 10.1 Å². The fourth-order valence-corrected chi connectivity index (χ4v) is 2.12. The molecule has 0 aliphatic heterocycles. The van der Waals surface area contributed by atoms with Gasteiger partial charge in [0.2, 0.25) is 0 Å². The number of nitrogens with zero attached hydrogens (tertiary/aromatic N) is 3. The Morgan fingerprint density at radius 1 is 0.950 bits per heavy atom. The van der Waals surface area contributed by atoms with E-state index in [1.165, 1.54) is 6.07 Å². The van der Waals surface area contributed by atoms with Crippen molar-refractivity contribution in [1.29, 1.82) is 0 Å². The third kappa shape index (κ3) is 2.05. The first-order chi connectivity index (χ1) is 9.77. The second-order valence-electron chi connectivity index (χ2n) is 4.24. The van der Waals surface area contributed by atoms with Gasteiger partial charge < -0.3 is 0 Å². The number of rotatable bonds is 3. The fraction of sp³-hybridized carbons (Fsp3) is 0. The van der Waals surface area contributed by atoms with E-state index in [2.05, 4.69) is 5.10 Å². The van der Waals surface area contributed by atoms with E-state index in [1.807, 2.05) is 36.4 Å². The molecule has 0 atom stereocenters. The molecule has 5 nitrogen and oxygen atoms in total. The average molecular weight is 265 g/mol. The Morgan fingerprint density at radius 2 is 1.65 bits per heavy atom. The van der Waals surface area contributed by atoms with Gasteiger partial charge in [-0.2, -0.15) is 5.10 Å². The van der Waals surface area contributed by atoms with Crippen molar-refractivity contribution >= 4 is 5.69 Å². The highest BCUT2D eigenvalue weighted by atomic mass is 16.6. The van der Waals surface area contributed by atoms with Crippen LogP contribution in [0.1, 0.15) is 0 Å². The summed E-state index contributed by atoms with van der Waals surface area (Å²) in [6.07, 6.45) is 1.64. The predicted molar refractivity (Wildman–Crippen MR) is 75.7 cm³/mol. The molecule has 0 fully saturated rings. The molecule has 0 unspecified atom stereocenters. The van der Waals surface area contributed by atoms with Gasteiger partial charge >= 0.3 is 0 Å². The summed E-state index contributed by atoms with van der Waals surface area (Å²) in [4.78, 5) is 10.7. The molecule has 1 heterocycles. The Balaban J connectivity index is 2.18. The summed E-state index contributed by atoms with van der Waals surface area (Å²) in [5.41, 5.74) is 2.28. The van der Waals surface area contributed by atoms with Crippen LogP contribution in [0.2, 0.25) is 0 Å². The number of para-hydroxylation sites is 2. The molecular formula is C15H11N3O2. The lowest BCUT2D eigenvalue weighted by Gasteiger charge is -2.08. The molecule has 3 aromatic rings. The van der Waals surface area contributed by atoms with Gasteiger partial charge in [0.25, 0.3) is 5.69 Å². The zero-order chi connectivity index (χ0) is 13.9. The fourth-order valence-electron chi connectivity index (χ4n) is 2.12. The zero-order valence-electron chi connectivity index (χ0n) is 10.5. The number of nitro groups is 1. The minimum absolute atomic E-state index is 0.0355. The molecule has 5 heteroatoms. The van der Waals surface area contributed by atoms with E-state index in [0.29, 0.717) is 5.69 Å². The number of hydrogen-bond acceptors (Lipinski definition) is 3. The summed E-state index contributed by atoms with van der Waals surface area (Å²) in [5.74, 6) is 0. The minimum Gasteiger partial charge on any atom is -0.258 e. The summed E-state index contributed by atoms with van der Waals surface area (Å²) in [7, 11) is 0. The van der Waals surface area contributed by atoms with Crippen molar-refractivity contribution in [2.45, 2.75) is 0 Å². The highest BCUT2D eigenvalue weighted by Gasteiger charge is 2.17. The first-order valence-electron chi connectivity index (χ1n) is 6.10. The molecule has 0 N–H and O–H groups in total. The number of benzene rings is 2. The van der Waals surface area contributed by atoms with Crippen molar-refractivity contribution in [3.8, 4) is 16.9 Å². The van der Waals surface area contributed by atoms with Crippen LogP contribution in [0.5, 0.6) is 0 Å². The SMILES string of the molecule is O=[N+]([O-])c1ccccc1-n1nccc1-c1ccccc1. The molecule has 0 aliphatic rings. The summed E-state index contributed by atoms with van der Waals surface area (Å²) in [6, 6.07) is 18.1. The Hall–Kier alpha value is -2.95. The van der Waals surface area contributed by atoms with Crippen LogP contribution >= 0.6 is 0 Å². The van der Waals surface area contributed by atoms with E-state index < -0.39 is 4.92 Å². The quantitative estimate of drug-likeness (QED) is 0.538. The lowest BCUT2D eigenvalue weighted by molar-refractivity contribution is -0.384. The third-order valence-electron chi connectivity index (χ3n) is 3.02. The maximum absolute atomic E-state index is 11.1. The molecule has 3 rings (SSSR count). The van der Waals surface area contributed by atoms with Gasteiger partial charge in [0.05, 0.1) is 16.8 Å².